The van der Waals surface area contributed by atoms with Crippen LogP contribution in [0.4, 0.5) is 5.69 Å². The van der Waals surface area contributed by atoms with Gasteiger partial charge in [0.05, 0.1) is 12.2 Å². The first-order valence-electron chi connectivity index (χ1n) is 5.50. The number of hydrogen-bond acceptors (Lipinski definition) is 5. The SMILES string of the molecule is CC(OC(=O)c1ccccc1NCCO)C(N)=O. The quantitative estimate of drug-likeness (QED) is 0.624. The molecule has 6 heteroatoms. The van der Waals surface area contributed by atoms with Gasteiger partial charge in [0, 0.05) is 12.2 Å². The Balaban J connectivity index is 2.81. The second-order valence-corrected chi connectivity index (χ2v) is 3.65. The molecule has 0 heterocycles. The minimum absolute atomic E-state index is 0.0545. The number of para-hydroxylation sites is 1. The van der Waals surface area contributed by atoms with Crippen molar-refractivity contribution in [2.45, 2.75) is 13.0 Å². The van der Waals surface area contributed by atoms with Gasteiger partial charge in [0.25, 0.3) is 5.91 Å². The van der Waals surface area contributed by atoms with Gasteiger partial charge in [-0.3, -0.25) is 4.79 Å². The van der Waals surface area contributed by atoms with Crippen LogP contribution in [0.15, 0.2) is 24.3 Å². The highest BCUT2D eigenvalue weighted by Gasteiger charge is 2.18. The molecule has 4 N–H and O–H groups in total. The molecule has 1 aromatic rings. The van der Waals surface area contributed by atoms with Crippen LogP contribution < -0.4 is 11.1 Å². The molecular formula is C12H16N2O4. The summed E-state index contributed by atoms with van der Waals surface area (Å²) in [7, 11) is 0. The molecular weight excluding hydrogens is 236 g/mol. The number of primary amides is 1. The summed E-state index contributed by atoms with van der Waals surface area (Å²) in [5.41, 5.74) is 5.84. The lowest BCUT2D eigenvalue weighted by molar-refractivity contribution is -0.125. The van der Waals surface area contributed by atoms with E-state index in [1.54, 1.807) is 24.3 Å². The van der Waals surface area contributed by atoms with Crippen molar-refractivity contribution in [3.05, 3.63) is 29.8 Å². The fraction of sp³-hybridized carbons (Fsp3) is 0.333. The second-order valence-electron chi connectivity index (χ2n) is 3.65. The van der Waals surface area contributed by atoms with Crippen LogP contribution in [0.2, 0.25) is 0 Å². The molecule has 0 aromatic heterocycles. The lowest BCUT2D eigenvalue weighted by atomic mass is 10.2. The highest BCUT2D eigenvalue weighted by atomic mass is 16.5. The van der Waals surface area contributed by atoms with Crippen molar-refractivity contribution >= 4 is 17.6 Å². The molecule has 1 amide bonds. The van der Waals surface area contributed by atoms with Gasteiger partial charge >= 0.3 is 5.97 Å². The number of nitrogens with two attached hydrogens (primary N) is 1. The first-order valence-corrected chi connectivity index (χ1v) is 5.50. The number of nitrogens with one attached hydrogen (secondary N) is 1. The number of esters is 1. The number of aliphatic hydroxyl groups excluding tert-OH is 1. The second kappa shape index (κ2) is 6.61. The van der Waals surface area contributed by atoms with Gasteiger partial charge in [0.15, 0.2) is 6.10 Å². The number of carbonyl (C=O) groups is 2. The van der Waals surface area contributed by atoms with Crippen molar-refractivity contribution in [3.8, 4) is 0 Å². The predicted molar refractivity (Wildman–Crippen MR) is 66.1 cm³/mol. The Bertz CT molecular complexity index is 434. The maximum Gasteiger partial charge on any atom is 0.341 e. The van der Waals surface area contributed by atoms with Gasteiger partial charge in [0.1, 0.15) is 0 Å². The number of aliphatic hydroxyl groups is 1. The molecule has 0 saturated carbocycles. The summed E-state index contributed by atoms with van der Waals surface area (Å²) in [6.45, 7) is 1.67. The van der Waals surface area contributed by atoms with E-state index in [0.717, 1.165) is 0 Å². The molecule has 18 heavy (non-hydrogen) atoms. The van der Waals surface area contributed by atoms with E-state index in [-0.39, 0.29) is 6.61 Å². The van der Waals surface area contributed by atoms with Gasteiger partial charge in [-0.1, -0.05) is 12.1 Å². The number of rotatable bonds is 6. The predicted octanol–water partition coefficient (Wildman–Crippen LogP) is 0.121. The monoisotopic (exact) mass is 252 g/mol. The largest absolute Gasteiger partial charge is 0.449 e. The lowest BCUT2D eigenvalue weighted by Crippen LogP contribution is -2.30. The van der Waals surface area contributed by atoms with Crippen molar-refractivity contribution in [2.24, 2.45) is 5.73 Å². The molecule has 0 aliphatic rings. The van der Waals surface area contributed by atoms with E-state index in [0.29, 0.717) is 17.8 Å². The zero-order valence-corrected chi connectivity index (χ0v) is 10.1. The molecule has 1 rings (SSSR count). The molecule has 1 unspecified atom stereocenters. The van der Waals surface area contributed by atoms with E-state index < -0.39 is 18.0 Å². The third-order valence-corrected chi connectivity index (χ3v) is 2.26. The van der Waals surface area contributed by atoms with Gasteiger partial charge in [-0.05, 0) is 19.1 Å². The Kier molecular flexibility index (Phi) is 5.13. The average molecular weight is 252 g/mol. The summed E-state index contributed by atoms with van der Waals surface area (Å²) in [6.07, 6.45) is -0.983. The molecule has 0 bridgehead atoms. The van der Waals surface area contributed by atoms with Crippen LogP contribution in [0.5, 0.6) is 0 Å². The summed E-state index contributed by atoms with van der Waals surface area (Å²) >= 11 is 0. The molecule has 0 fully saturated rings. The Morgan fingerprint density at radius 1 is 1.44 bits per heavy atom. The highest BCUT2D eigenvalue weighted by Crippen LogP contribution is 2.16. The number of amides is 1. The van der Waals surface area contributed by atoms with Crippen LogP contribution in [-0.2, 0) is 9.53 Å². The summed E-state index contributed by atoms with van der Waals surface area (Å²) in [5, 5.41) is 11.6. The summed E-state index contributed by atoms with van der Waals surface area (Å²) in [6, 6.07) is 6.67. The lowest BCUT2D eigenvalue weighted by Gasteiger charge is -2.13. The summed E-state index contributed by atoms with van der Waals surface area (Å²) in [4.78, 5) is 22.6. The van der Waals surface area contributed by atoms with Crippen molar-refractivity contribution in [1.29, 1.82) is 0 Å². The van der Waals surface area contributed by atoms with Crippen molar-refractivity contribution in [3.63, 3.8) is 0 Å². The Hall–Kier alpha value is -2.08. The van der Waals surface area contributed by atoms with Crippen LogP contribution in [0, 0.1) is 0 Å². The van der Waals surface area contributed by atoms with Crippen LogP contribution in [0.25, 0.3) is 0 Å². The fourth-order valence-electron chi connectivity index (χ4n) is 1.29. The van der Waals surface area contributed by atoms with E-state index in [1.165, 1.54) is 6.92 Å². The minimum Gasteiger partial charge on any atom is -0.449 e. The van der Waals surface area contributed by atoms with Crippen molar-refractivity contribution in [2.75, 3.05) is 18.5 Å². The highest BCUT2D eigenvalue weighted by molar-refractivity contribution is 5.97. The Morgan fingerprint density at radius 2 is 2.11 bits per heavy atom. The molecule has 1 atom stereocenters. The third kappa shape index (κ3) is 3.74. The van der Waals surface area contributed by atoms with Gasteiger partial charge in [-0.25, -0.2) is 4.79 Å². The van der Waals surface area contributed by atoms with Gasteiger partial charge in [-0.15, -0.1) is 0 Å². The summed E-state index contributed by atoms with van der Waals surface area (Å²) in [5.74, 6) is -1.34. The zero-order chi connectivity index (χ0) is 13.5. The van der Waals surface area contributed by atoms with Crippen LogP contribution in [0.1, 0.15) is 17.3 Å². The smallest absolute Gasteiger partial charge is 0.341 e. The van der Waals surface area contributed by atoms with E-state index in [1.807, 2.05) is 0 Å². The van der Waals surface area contributed by atoms with Crippen LogP contribution >= 0.6 is 0 Å². The molecule has 0 spiro atoms. The zero-order valence-electron chi connectivity index (χ0n) is 10.1. The number of hydrogen-bond donors (Lipinski definition) is 3. The molecule has 1 aromatic carbocycles. The standard InChI is InChI=1S/C12H16N2O4/c1-8(11(13)16)18-12(17)9-4-2-3-5-10(9)14-6-7-15/h2-5,8,14-15H,6-7H2,1H3,(H2,13,16). The maximum absolute atomic E-state index is 11.8. The first-order chi connectivity index (χ1) is 8.56. The molecule has 0 radical (unpaired) electrons. The molecule has 0 aliphatic carbocycles. The number of benzene rings is 1. The first kappa shape index (κ1) is 14.0. The van der Waals surface area contributed by atoms with E-state index in [9.17, 15) is 9.59 Å². The molecule has 0 saturated heterocycles. The topological polar surface area (TPSA) is 102 Å². The van der Waals surface area contributed by atoms with Gasteiger partial charge < -0.3 is 20.9 Å². The average Bonchev–Trinajstić information content (AvgIpc) is 2.36. The Morgan fingerprint density at radius 3 is 2.72 bits per heavy atom. The van der Waals surface area contributed by atoms with Gasteiger partial charge in [0.2, 0.25) is 0 Å². The summed E-state index contributed by atoms with van der Waals surface area (Å²) < 4.78 is 4.90. The minimum atomic E-state index is -0.983. The van der Waals surface area contributed by atoms with Gasteiger partial charge in [-0.2, -0.15) is 0 Å². The fourth-order valence-corrected chi connectivity index (χ4v) is 1.29. The van der Waals surface area contributed by atoms with Crippen LogP contribution in [-0.4, -0.2) is 36.2 Å². The normalized spacial score (nSPS) is 11.7. The molecule has 0 aliphatic heterocycles. The van der Waals surface area contributed by atoms with E-state index >= 15 is 0 Å². The van der Waals surface area contributed by atoms with E-state index in [4.69, 9.17) is 15.6 Å². The van der Waals surface area contributed by atoms with E-state index in [2.05, 4.69) is 5.32 Å². The number of carbonyl (C=O) groups excluding carboxylic acids is 2. The molecule has 98 valence electrons. The molecule has 6 nitrogen and oxygen atoms in total. The van der Waals surface area contributed by atoms with Crippen molar-refractivity contribution in [1.82, 2.24) is 0 Å². The third-order valence-electron chi connectivity index (χ3n) is 2.26. The number of ether oxygens (including phenoxy) is 1. The maximum atomic E-state index is 11.8. The number of anilines is 1. The van der Waals surface area contributed by atoms with Crippen LogP contribution in [0.3, 0.4) is 0 Å². The Labute approximate surface area is 105 Å². The van der Waals surface area contributed by atoms with Crippen molar-refractivity contribution < 1.29 is 19.4 Å².